The lowest BCUT2D eigenvalue weighted by atomic mass is 10.1. The van der Waals surface area contributed by atoms with Crippen molar-refractivity contribution in [2.75, 3.05) is 45.3 Å². The first-order valence-corrected chi connectivity index (χ1v) is 7.76. The highest BCUT2D eigenvalue weighted by atomic mass is 16.6. The van der Waals surface area contributed by atoms with Crippen LogP contribution in [0.15, 0.2) is 18.2 Å². The van der Waals surface area contributed by atoms with Crippen molar-refractivity contribution in [3.63, 3.8) is 0 Å². The van der Waals surface area contributed by atoms with Gasteiger partial charge < -0.3 is 14.5 Å². The van der Waals surface area contributed by atoms with Gasteiger partial charge in [0.15, 0.2) is 0 Å². The van der Waals surface area contributed by atoms with Crippen LogP contribution in [0, 0.1) is 16.0 Å². The quantitative estimate of drug-likeness (QED) is 0.593. The van der Waals surface area contributed by atoms with E-state index in [0.717, 1.165) is 13.0 Å². The number of hydrogen-bond acceptors (Lipinski definition) is 5. The smallest absolute Gasteiger partial charge is 0.270 e. The molecule has 23 heavy (non-hydrogen) atoms. The molecule has 0 aliphatic carbocycles. The van der Waals surface area contributed by atoms with Gasteiger partial charge in [0.1, 0.15) is 0 Å². The number of carbonyl (C=O) groups is 1. The van der Waals surface area contributed by atoms with Gasteiger partial charge in [-0.1, -0.05) is 0 Å². The molecule has 0 unspecified atom stereocenters. The van der Waals surface area contributed by atoms with Crippen LogP contribution in [-0.2, 0) is 4.74 Å². The Balaban J connectivity index is 2.30. The van der Waals surface area contributed by atoms with Crippen molar-refractivity contribution in [3.05, 3.63) is 33.9 Å². The minimum atomic E-state index is -0.475. The molecule has 1 aromatic carbocycles. The van der Waals surface area contributed by atoms with Gasteiger partial charge in [-0.15, -0.1) is 0 Å². The maximum atomic E-state index is 12.9. The summed E-state index contributed by atoms with van der Waals surface area (Å²) < 4.78 is 5.36. The minimum absolute atomic E-state index is 0.0702. The summed E-state index contributed by atoms with van der Waals surface area (Å²) in [4.78, 5) is 27.0. The van der Waals surface area contributed by atoms with Crippen LogP contribution in [0.25, 0.3) is 0 Å². The maximum Gasteiger partial charge on any atom is 0.270 e. The third-order valence-corrected chi connectivity index (χ3v) is 4.07. The third kappa shape index (κ3) is 3.98. The van der Waals surface area contributed by atoms with Crippen molar-refractivity contribution in [1.29, 1.82) is 0 Å². The van der Waals surface area contributed by atoms with Crippen LogP contribution in [0.2, 0.25) is 0 Å². The van der Waals surface area contributed by atoms with E-state index in [1.807, 2.05) is 21.0 Å². The number of nitro benzene ring substituents is 1. The Bertz CT molecular complexity index is 583. The predicted octanol–water partition coefficient (Wildman–Crippen LogP) is 2.16. The molecule has 1 aliphatic rings. The van der Waals surface area contributed by atoms with Gasteiger partial charge in [0, 0.05) is 57.5 Å². The highest BCUT2D eigenvalue weighted by molar-refractivity contribution is 6.00. The van der Waals surface area contributed by atoms with Gasteiger partial charge in [0.25, 0.3) is 11.6 Å². The van der Waals surface area contributed by atoms with Gasteiger partial charge in [-0.05, 0) is 19.4 Å². The molecule has 1 aromatic rings. The summed E-state index contributed by atoms with van der Waals surface area (Å²) in [5.41, 5.74) is 0.978. The number of nitro groups is 1. The maximum absolute atomic E-state index is 12.9. The second kappa shape index (κ2) is 7.41. The molecule has 2 rings (SSSR count). The van der Waals surface area contributed by atoms with Crippen LogP contribution >= 0.6 is 0 Å². The van der Waals surface area contributed by atoms with Crippen LogP contribution in [0.4, 0.5) is 11.4 Å². The van der Waals surface area contributed by atoms with E-state index in [-0.39, 0.29) is 11.6 Å². The van der Waals surface area contributed by atoms with Crippen molar-refractivity contribution in [3.8, 4) is 0 Å². The molecule has 0 radical (unpaired) electrons. The van der Waals surface area contributed by atoms with Gasteiger partial charge in [-0.25, -0.2) is 0 Å². The molecule has 1 aliphatic heterocycles. The van der Waals surface area contributed by atoms with E-state index in [2.05, 4.69) is 0 Å². The lowest BCUT2D eigenvalue weighted by molar-refractivity contribution is -0.384. The van der Waals surface area contributed by atoms with Crippen molar-refractivity contribution in [2.24, 2.45) is 5.92 Å². The van der Waals surface area contributed by atoms with Gasteiger partial charge >= 0.3 is 0 Å². The lowest BCUT2D eigenvalue weighted by Gasteiger charge is -2.26. The van der Waals surface area contributed by atoms with Crippen molar-refractivity contribution < 1.29 is 14.5 Å². The van der Waals surface area contributed by atoms with Crippen LogP contribution in [0.5, 0.6) is 0 Å². The van der Waals surface area contributed by atoms with Gasteiger partial charge in [0.2, 0.25) is 0 Å². The summed E-state index contributed by atoms with van der Waals surface area (Å²) in [6, 6.07) is 4.41. The molecule has 126 valence electrons. The summed E-state index contributed by atoms with van der Waals surface area (Å²) in [6.45, 7) is 4.49. The molecular weight excluding hydrogens is 298 g/mol. The molecule has 1 amide bonds. The molecule has 0 spiro atoms. The number of anilines is 1. The average Bonchev–Trinajstić information content (AvgIpc) is 3.04. The van der Waals surface area contributed by atoms with Crippen LogP contribution < -0.4 is 4.90 Å². The second-order valence-corrected chi connectivity index (χ2v) is 5.93. The monoisotopic (exact) mass is 321 g/mol. The van der Waals surface area contributed by atoms with Gasteiger partial charge in [-0.2, -0.15) is 0 Å². The zero-order chi connectivity index (χ0) is 17.0. The third-order valence-electron chi connectivity index (χ3n) is 4.07. The van der Waals surface area contributed by atoms with Crippen molar-refractivity contribution in [2.45, 2.75) is 13.3 Å². The Kier molecular flexibility index (Phi) is 5.54. The summed E-state index contributed by atoms with van der Waals surface area (Å²) in [6.07, 6.45) is 0.944. The molecular formula is C16H23N3O4. The summed E-state index contributed by atoms with van der Waals surface area (Å²) in [7, 11) is 3.64. The Morgan fingerprint density at radius 3 is 2.70 bits per heavy atom. The number of benzene rings is 1. The Hall–Kier alpha value is -2.15. The first-order valence-electron chi connectivity index (χ1n) is 7.76. The molecule has 1 atom stereocenters. The molecule has 0 N–H and O–H groups in total. The Labute approximate surface area is 136 Å². The molecule has 0 saturated carbocycles. The van der Waals surface area contributed by atoms with Gasteiger partial charge in [-0.3, -0.25) is 14.9 Å². The summed E-state index contributed by atoms with van der Waals surface area (Å²) >= 11 is 0. The normalized spacial score (nSPS) is 17.1. The fourth-order valence-electron chi connectivity index (χ4n) is 2.76. The van der Waals surface area contributed by atoms with E-state index < -0.39 is 4.92 Å². The Morgan fingerprint density at radius 1 is 1.43 bits per heavy atom. The number of non-ortho nitro benzene ring substituents is 1. The van der Waals surface area contributed by atoms with Crippen LogP contribution in [-0.4, -0.2) is 56.1 Å². The van der Waals surface area contributed by atoms with Crippen LogP contribution in [0.3, 0.4) is 0 Å². The van der Waals surface area contributed by atoms with Crippen LogP contribution in [0.1, 0.15) is 23.7 Å². The number of nitrogens with zero attached hydrogens (tertiary/aromatic N) is 3. The zero-order valence-corrected chi connectivity index (χ0v) is 13.8. The zero-order valence-electron chi connectivity index (χ0n) is 13.8. The highest BCUT2D eigenvalue weighted by Gasteiger charge is 2.25. The first kappa shape index (κ1) is 17.2. The van der Waals surface area contributed by atoms with E-state index in [4.69, 9.17) is 4.74 Å². The number of ether oxygens (including phenoxy) is 1. The fourth-order valence-corrected chi connectivity index (χ4v) is 2.76. The number of carbonyl (C=O) groups excluding carboxylic acids is 1. The van der Waals surface area contributed by atoms with E-state index >= 15 is 0 Å². The minimum Gasteiger partial charge on any atom is -0.381 e. The molecule has 1 fully saturated rings. The second-order valence-electron chi connectivity index (χ2n) is 5.93. The predicted molar refractivity (Wildman–Crippen MR) is 87.9 cm³/mol. The molecule has 7 heteroatoms. The fraction of sp³-hybridized carbons (Fsp3) is 0.562. The van der Waals surface area contributed by atoms with Crippen molar-refractivity contribution >= 4 is 17.3 Å². The number of hydrogen-bond donors (Lipinski definition) is 0. The van der Waals surface area contributed by atoms with Crippen molar-refractivity contribution in [1.82, 2.24) is 4.90 Å². The summed E-state index contributed by atoms with van der Waals surface area (Å²) in [5.74, 6) is 0.159. The average molecular weight is 321 g/mol. The van der Waals surface area contributed by atoms with E-state index in [0.29, 0.717) is 36.9 Å². The molecule has 1 saturated heterocycles. The number of rotatable bonds is 6. The number of amides is 1. The molecule has 0 aromatic heterocycles. The molecule has 7 nitrogen and oxygen atoms in total. The first-order chi connectivity index (χ1) is 10.9. The topological polar surface area (TPSA) is 75.9 Å². The SMILES string of the molecule is CCN(C[C@@H]1CCOC1)C(=O)c1cc([N+](=O)[O-])ccc1N(C)C. The standard InChI is InChI=1S/C16H23N3O4/c1-4-18(10-12-7-8-23-11-12)16(20)14-9-13(19(21)22)5-6-15(14)17(2)3/h5-6,9,12H,4,7-8,10-11H2,1-3H3/t12-/m0/s1. The van der Waals surface area contributed by atoms with E-state index in [9.17, 15) is 14.9 Å². The Morgan fingerprint density at radius 2 is 2.17 bits per heavy atom. The summed E-state index contributed by atoms with van der Waals surface area (Å²) in [5, 5.41) is 11.0. The largest absolute Gasteiger partial charge is 0.381 e. The van der Waals surface area contributed by atoms with E-state index in [1.54, 1.807) is 15.9 Å². The van der Waals surface area contributed by atoms with E-state index in [1.165, 1.54) is 12.1 Å². The lowest BCUT2D eigenvalue weighted by Crippen LogP contribution is -2.36. The molecule has 1 heterocycles. The molecule has 0 bridgehead atoms. The highest BCUT2D eigenvalue weighted by Crippen LogP contribution is 2.26. The van der Waals surface area contributed by atoms with Gasteiger partial charge in [0.05, 0.1) is 17.1 Å².